The molecule has 2 aromatic heterocycles. The summed E-state index contributed by atoms with van der Waals surface area (Å²) < 4.78 is 57.4. The molecule has 413 valence electrons. The first-order valence-electron chi connectivity index (χ1n) is 26.5. The number of aromatic nitrogens is 2. The average Bonchev–Trinajstić information content (AvgIpc) is 3.75. The molecule has 4 aliphatic heterocycles. The number of rotatable bonds is 11. The SMILES string of the molecule is CO[C@@H](C)c1ncccc1-c1c2c3cc(ccc3n1CC(F)(F)F)-c1cccc(c1)C[C@H](NC(=O)[C@H](C(C)C)N(C)C(=O)N1CCC3(CC1)CN(C(=O)/C=C/CN(C)C)C3)C(=O)N1CCC[C@@]([Si])(N1)C(=O)OCC(C)(C)C2. The number of esters is 1. The van der Waals surface area contributed by atoms with Crippen LogP contribution in [0.4, 0.5) is 18.0 Å². The van der Waals surface area contributed by atoms with Crippen molar-refractivity contribution in [3.63, 3.8) is 0 Å². The van der Waals surface area contributed by atoms with Crippen LogP contribution in [0.2, 0.25) is 0 Å². The minimum Gasteiger partial charge on any atom is -0.464 e. The summed E-state index contributed by atoms with van der Waals surface area (Å²) in [5, 5.41) is 3.39. The number of amides is 5. The van der Waals surface area contributed by atoms with Gasteiger partial charge in [-0.05, 0) is 106 Å². The number of nitrogens with zero attached hydrogens (tertiary/aromatic N) is 7. The first-order chi connectivity index (χ1) is 36.3. The summed E-state index contributed by atoms with van der Waals surface area (Å²) in [6.07, 6.45) is 2.16. The molecule has 2 N–H and O–H groups in total. The van der Waals surface area contributed by atoms with Crippen LogP contribution in [0.15, 0.2) is 72.9 Å². The number of hydrazine groups is 1. The highest BCUT2D eigenvalue weighted by atomic mass is 28.1. The zero-order chi connectivity index (χ0) is 55.8. The number of cyclic esters (lactones) is 1. The van der Waals surface area contributed by atoms with E-state index >= 15 is 0 Å². The standard InChI is InChI=1S/C57H73F3N9O7Si/c1-36(2)48(65(8)53(74)66-26-21-55(22-27-66)32-67(33-55)46(70)17-12-24-64(6)7)50(71)62-44-29-38-14-10-15-39(28-38)40-18-19-45-42(30-40)43(31-54(4,5)35-76-52(73)56(77)20-13-25-69(63-56)51(44)72)49(68(45)34-57(58,59)60)41-16-11-23-61-47(41)37(3)75-9/h10-12,14-19,23,28,30,36-37,44,48,63H,13,20-22,24-27,29,31-35H2,1-9H3,(H,62,71)/b17-12+/t37-,44-,48-,56-/m0/s1. The van der Waals surface area contributed by atoms with E-state index in [1.54, 1.807) is 55.4 Å². The van der Waals surface area contributed by atoms with Crippen molar-refractivity contribution in [1.29, 1.82) is 0 Å². The second kappa shape index (κ2) is 22.7. The molecule has 6 bridgehead atoms. The van der Waals surface area contributed by atoms with Gasteiger partial charge >= 0.3 is 18.2 Å². The summed E-state index contributed by atoms with van der Waals surface area (Å²) in [6.45, 7) is 10.9. The third kappa shape index (κ3) is 12.6. The normalized spacial score (nSPS) is 21.8. The van der Waals surface area contributed by atoms with E-state index in [1.165, 1.54) is 21.6 Å². The summed E-state index contributed by atoms with van der Waals surface area (Å²) >= 11 is 0. The number of hydrogen-bond acceptors (Lipinski definition) is 10. The number of carbonyl (C=O) groups excluding carboxylic acids is 5. The Morgan fingerprint density at radius 2 is 1.69 bits per heavy atom. The minimum atomic E-state index is -4.60. The molecule has 20 heteroatoms. The van der Waals surface area contributed by atoms with Gasteiger partial charge in [-0.25, -0.2) is 10.2 Å². The topological polar surface area (TPSA) is 162 Å². The Balaban J connectivity index is 1.12. The number of benzene rings is 2. The number of pyridine rings is 1. The molecule has 6 heterocycles. The molecule has 5 amide bonds. The van der Waals surface area contributed by atoms with Crippen molar-refractivity contribution in [2.75, 3.05) is 74.1 Å². The summed E-state index contributed by atoms with van der Waals surface area (Å²) in [4.78, 5) is 82.7. The smallest absolute Gasteiger partial charge is 0.406 e. The monoisotopic (exact) mass is 1080 g/mol. The molecule has 4 aliphatic rings. The summed E-state index contributed by atoms with van der Waals surface area (Å²) in [5.74, 6) is -2.13. The number of methoxy groups -OCH3 is 1. The van der Waals surface area contributed by atoms with Crippen LogP contribution in [0, 0.1) is 16.7 Å². The number of likely N-dealkylation sites (N-methyl/N-ethyl adjacent to an activating group) is 2. The maximum absolute atomic E-state index is 15.0. The first-order valence-corrected chi connectivity index (χ1v) is 27.0. The molecule has 8 rings (SSSR count). The Labute approximate surface area is 453 Å². The second-order valence-electron chi connectivity index (χ2n) is 23.0. The molecule has 3 fully saturated rings. The number of piperidine rings is 1. The van der Waals surface area contributed by atoms with E-state index in [2.05, 4.69) is 26.0 Å². The Morgan fingerprint density at radius 3 is 2.36 bits per heavy atom. The van der Waals surface area contributed by atoms with Gasteiger partial charge in [0.05, 0.1) is 34.3 Å². The average molecular weight is 1080 g/mol. The number of alkyl halides is 3. The van der Waals surface area contributed by atoms with E-state index in [0.717, 1.165) is 18.4 Å². The van der Waals surface area contributed by atoms with E-state index < -0.39 is 59.3 Å². The molecule has 1 spiro atoms. The number of carbonyl (C=O) groups is 5. The Morgan fingerprint density at radius 1 is 0.974 bits per heavy atom. The van der Waals surface area contributed by atoms with Gasteiger partial charge in [0.25, 0.3) is 5.91 Å². The highest BCUT2D eigenvalue weighted by molar-refractivity contribution is 6.27. The quantitative estimate of drug-likeness (QED) is 0.0919. The lowest BCUT2D eigenvalue weighted by Crippen LogP contribution is -2.68. The maximum atomic E-state index is 15.0. The maximum Gasteiger partial charge on any atom is 0.406 e. The number of likely N-dealkylation sites (tertiary alicyclic amines) is 2. The van der Waals surface area contributed by atoms with Crippen molar-refractivity contribution in [2.24, 2.45) is 16.7 Å². The van der Waals surface area contributed by atoms with E-state index in [9.17, 15) is 37.1 Å². The molecule has 4 aromatic rings. The van der Waals surface area contributed by atoms with E-state index in [4.69, 9.17) is 9.47 Å². The van der Waals surface area contributed by atoms with Crippen molar-refractivity contribution >= 4 is 50.9 Å². The van der Waals surface area contributed by atoms with Crippen LogP contribution >= 0.6 is 0 Å². The molecule has 16 nitrogen and oxygen atoms in total. The lowest BCUT2D eigenvalue weighted by molar-refractivity contribution is -0.158. The number of ether oxygens (including phenoxy) is 2. The van der Waals surface area contributed by atoms with Gasteiger partial charge in [0.1, 0.15) is 23.8 Å². The molecule has 2 aromatic carbocycles. The predicted octanol–water partition coefficient (Wildman–Crippen LogP) is 6.90. The third-order valence-electron chi connectivity index (χ3n) is 15.6. The highest BCUT2D eigenvalue weighted by Crippen LogP contribution is 2.44. The summed E-state index contributed by atoms with van der Waals surface area (Å²) in [6, 6.07) is 13.8. The van der Waals surface area contributed by atoms with Crippen LogP contribution in [0.25, 0.3) is 33.3 Å². The Hall–Kier alpha value is -6.09. The van der Waals surface area contributed by atoms with Gasteiger partial charge in [0.2, 0.25) is 11.8 Å². The first kappa shape index (κ1) is 57.1. The predicted molar refractivity (Wildman–Crippen MR) is 288 cm³/mol. The molecule has 4 atom stereocenters. The Kier molecular flexibility index (Phi) is 16.8. The van der Waals surface area contributed by atoms with E-state index in [-0.39, 0.29) is 55.7 Å². The van der Waals surface area contributed by atoms with Crippen LogP contribution < -0.4 is 10.7 Å². The van der Waals surface area contributed by atoms with Crippen LogP contribution in [-0.4, -0.2) is 172 Å². The van der Waals surface area contributed by atoms with Crippen molar-refractivity contribution < 1.29 is 46.6 Å². The Bertz CT molecular complexity index is 2890. The highest BCUT2D eigenvalue weighted by Gasteiger charge is 2.48. The third-order valence-corrected chi connectivity index (χ3v) is 16.2. The number of halogens is 3. The molecular formula is C57H73F3N9O7Si. The van der Waals surface area contributed by atoms with Gasteiger partial charge in [-0.3, -0.25) is 29.2 Å². The fraction of sp³-hybridized carbons (Fsp3) is 0.544. The molecule has 0 unspecified atom stereocenters. The zero-order valence-corrected chi connectivity index (χ0v) is 46.8. The van der Waals surface area contributed by atoms with E-state index in [1.807, 2.05) is 88.0 Å². The second-order valence-corrected chi connectivity index (χ2v) is 23.8. The molecule has 0 saturated carbocycles. The van der Waals surface area contributed by atoms with Crippen molar-refractivity contribution in [2.45, 2.75) is 109 Å². The van der Waals surface area contributed by atoms with Gasteiger partial charge in [0, 0.05) is 99.4 Å². The minimum absolute atomic E-state index is 0.00661. The largest absolute Gasteiger partial charge is 0.464 e. The van der Waals surface area contributed by atoms with Gasteiger partial charge < -0.3 is 39.0 Å². The van der Waals surface area contributed by atoms with Crippen LogP contribution in [-0.2, 0) is 48.0 Å². The fourth-order valence-electron chi connectivity index (χ4n) is 11.5. The number of nitrogens with one attached hydrogen (secondary N) is 2. The summed E-state index contributed by atoms with van der Waals surface area (Å²) in [7, 11) is 10.7. The molecule has 77 heavy (non-hydrogen) atoms. The number of hydrogen-bond donors (Lipinski definition) is 2. The van der Waals surface area contributed by atoms with Crippen LogP contribution in [0.3, 0.4) is 0 Å². The van der Waals surface area contributed by atoms with E-state index in [0.29, 0.717) is 83.7 Å². The molecule has 3 radical (unpaired) electrons. The lowest BCUT2D eigenvalue weighted by Gasteiger charge is -2.54. The molecular weight excluding hydrogens is 1010 g/mol. The zero-order valence-electron chi connectivity index (χ0n) is 45.8. The van der Waals surface area contributed by atoms with Gasteiger partial charge in [-0.1, -0.05) is 64.1 Å². The van der Waals surface area contributed by atoms with Gasteiger partial charge in [0.15, 0.2) is 0 Å². The van der Waals surface area contributed by atoms with Crippen molar-refractivity contribution in [3.05, 3.63) is 89.8 Å². The number of urea groups is 1. The fourth-order valence-corrected chi connectivity index (χ4v) is 11.8. The van der Waals surface area contributed by atoms with Crippen LogP contribution in [0.1, 0.15) is 83.2 Å². The molecule has 3 saturated heterocycles. The van der Waals surface area contributed by atoms with Crippen LogP contribution in [0.5, 0.6) is 0 Å². The summed E-state index contributed by atoms with van der Waals surface area (Å²) in [5.41, 5.74) is 6.52. The van der Waals surface area contributed by atoms with Gasteiger partial charge in [-0.15, -0.1) is 0 Å². The molecule has 0 aliphatic carbocycles. The number of fused-ring (bicyclic) bond motifs is 6. The van der Waals surface area contributed by atoms with Crippen molar-refractivity contribution in [1.82, 2.24) is 44.9 Å². The van der Waals surface area contributed by atoms with Gasteiger partial charge in [-0.2, -0.15) is 13.2 Å². The van der Waals surface area contributed by atoms with Crippen molar-refractivity contribution in [3.8, 4) is 22.4 Å². The lowest BCUT2D eigenvalue weighted by atomic mass is 9.72.